The van der Waals surface area contributed by atoms with E-state index in [1.54, 1.807) is 31.2 Å². The van der Waals surface area contributed by atoms with E-state index in [9.17, 15) is 9.59 Å². The van der Waals surface area contributed by atoms with Crippen molar-refractivity contribution in [1.29, 1.82) is 0 Å². The van der Waals surface area contributed by atoms with E-state index in [4.69, 9.17) is 29.0 Å². The van der Waals surface area contributed by atoms with Crippen molar-refractivity contribution in [2.24, 2.45) is 0 Å². The number of carbonyl (C=O) groups excluding carboxylic acids is 2. The number of aryl methyl sites for hydroxylation is 2. The van der Waals surface area contributed by atoms with Gasteiger partial charge >= 0.3 is 6.03 Å². The molecule has 3 aromatic rings. The van der Waals surface area contributed by atoms with Gasteiger partial charge < -0.3 is 11.2 Å². The highest BCUT2D eigenvalue weighted by atomic mass is 35.5. The van der Waals surface area contributed by atoms with E-state index in [-0.39, 0.29) is 5.16 Å². The van der Waals surface area contributed by atoms with Crippen molar-refractivity contribution in [2.45, 2.75) is 31.2 Å². The number of hydrogen-bond donors (Lipinski definition) is 3. The zero-order chi connectivity index (χ0) is 22.7. The molecule has 1 aromatic heterocycles. The number of nitrogens with one attached hydrogen (secondary N) is 2. The van der Waals surface area contributed by atoms with Crippen LogP contribution < -0.4 is 16.5 Å². The summed E-state index contributed by atoms with van der Waals surface area (Å²) in [5.41, 5.74) is 3.12. The highest BCUT2D eigenvalue weighted by Gasteiger charge is 2.22. The summed E-state index contributed by atoms with van der Waals surface area (Å²) in [6.45, 7) is 5.47. The van der Waals surface area contributed by atoms with Gasteiger partial charge in [-0.2, -0.15) is 0 Å². The maximum atomic E-state index is 12.4. The Morgan fingerprint density at radius 1 is 1.13 bits per heavy atom. The van der Waals surface area contributed by atoms with Crippen molar-refractivity contribution in [1.82, 2.24) is 20.2 Å². The first-order valence-corrected chi connectivity index (χ1v) is 10.8. The molecule has 0 aliphatic rings. The average Bonchev–Trinajstić information content (AvgIpc) is 3.06. The van der Waals surface area contributed by atoms with E-state index in [1.807, 2.05) is 26.0 Å². The number of carbonyl (C=O) groups is 2. The fourth-order valence-corrected chi connectivity index (χ4v) is 3.89. The van der Waals surface area contributed by atoms with Crippen molar-refractivity contribution in [3.8, 4) is 11.4 Å². The molecule has 1 atom stereocenters. The molecule has 162 valence electrons. The summed E-state index contributed by atoms with van der Waals surface area (Å²) < 4.78 is 1.22. The van der Waals surface area contributed by atoms with Gasteiger partial charge in [-0.25, -0.2) is 9.47 Å². The molecule has 31 heavy (non-hydrogen) atoms. The lowest BCUT2D eigenvalue weighted by Gasteiger charge is -2.13. The van der Waals surface area contributed by atoms with Crippen LogP contribution in [0.1, 0.15) is 18.1 Å². The van der Waals surface area contributed by atoms with E-state index >= 15 is 0 Å². The van der Waals surface area contributed by atoms with Crippen LogP contribution in [0.25, 0.3) is 11.4 Å². The third-order valence-corrected chi connectivity index (χ3v) is 5.97. The number of thioether (sulfide) groups is 1. The molecule has 0 saturated heterocycles. The molecule has 0 aliphatic heterocycles. The normalized spacial score (nSPS) is 11.8. The lowest BCUT2D eigenvalue weighted by atomic mass is 10.1. The SMILES string of the molecule is Cc1ccc(NC(=O)NC(=O)C(C)Sc2nnc(-c3cc(Cl)ccc3Cl)n2N)c(C)c1. The molecule has 11 heteroatoms. The number of nitrogens with two attached hydrogens (primary N) is 1. The molecule has 3 rings (SSSR count). The molecule has 0 aliphatic carbocycles. The second-order valence-electron chi connectivity index (χ2n) is 6.82. The van der Waals surface area contributed by atoms with Gasteiger partial charge in [0.15, 0.2) is 5.82 Å². The number of hydrogen-bond acceptors (Lipinski definition) is 6. The molecular weight excluding hydrogens is 459 g/mol. The number of rotatable bonds is 5. The van der Waals surface area contributed by atoms with Crippen LogP contribution in [0.4, 0.5) is 10.5 Å². The molecule has 0 fully saturated rings. The standard InChI is InChI=1S/C20H20Cl2N6O2S/c1-10-4-7-16(11(2)8-10)24-19(30)25-18(29)12(3)31-20-27-26-17(28(20)23)14-9-13(21)5-6-15(14)22/h4-9,12H,23H2,1-3H3,(H2,24,25,29,30). The lowest BCUT2D eigenvalue weighted by molar-refractivity contribution is -0.119. The summed E-state index contributed by atoms with van der Waals surface area (Å²) in [4.78, 5) is 24.6. The second kappa shape index (κ2) is 9.59. The fraction of sp³-hybridized carbons (Fsp3) is 0.200. The molecule has 0 spiro atoms. The Bertz CT molecular complexity index is 1150. The van der Waals surface area contributed by atoms with E-state index in [0.29, 0.717) is 27.1 Å². The van der Waals surface area contributed by atoms with Crippen LogP contribution in [-0.2, 0) is 4.79 Å². The predicted molar refractivity (Wildman–Crippen MR) is 124 cm³/mol. The largest absolute Gasteiger partial charge is 0.335 e. The summed E-state index contributed by atoms with van der Waals surface area (Å²) in [6.07, 6.45) is 0. The van der Waals surface area contributed by atoms with Crippen LogP contribution in [-0.4, -0.2) is 32.1 Å². The van der Waals surface area contributed by atoms with Crippen LogP contribution in [0.3, 0.4) is 0 Å². The van der Waals surface area contributed by atoms with Crippen LogP contribution in [0.15, 0.2) is 41.6 Å². The molecule has 0 bridgehead atoms. The predicted octanol–water partition coefficient (Wildman–Crippen LogP) is 4.41. The monoisotopic (exact) mass is 478 g/mol. The van der Waals surface area contributed by atoms with Crippen molar-refractivity contribution < 1.29 is 9.59 Å². The van der Waals surface area contributed by atoms with Gasteiger partial charge in [-0.05, 0) is 50.6 Å². The number of benzene rings is 2. The molecule has 0 radical (unpaired) electrons. The zero-order valence-corrected chi connectivity index (χ0v) is 19.3. The van der Waals surface area contributed by atoms with Crippen LogP contribution >= 0.6 is 35.0 Å². The van der Waals surface area contributed by atoms with Crippen molar-refractivity contribution in [3.05, 3.63) is 57.6 Å². The second-order valence-corrected chi connectivity index (χ2v) is 8.97. The number of anilines is 1. The van der Waals surface area contributed by atoms with Gasteiger partial charge in [-0.1, -0.05) is 52.7 Å². The Kier molecular flexibility index (Phi) is 7.09. The number of aromatic nitrogens is 3. The number of urea groups is 1. The van der Waals surface area contributed by atoms with Crippen molar-refractivity contribution in [2.75, 3.05) is 11.2 Å². The quantitative estimate of drug-likeness (QED) is 0.369. The average molecular weight is 479 g/mol. The van der Waals surface area contributed by atoms with E-state index in [1.165, 1.54) is 4.68 Å². The number of imide groups is 1. The van der Waals surface area contributed by atoms with E-state index in [2.05, 4.69) is 20.8 Å². The fourth-order valence-electron chi connectivity index (χ4n) is 2.74. The van der Waals surface area contributed by atoms with E-state index < -0.39 is 17.2 Å². The highest BCUT2D eigenvalue weighted by Crippen LogP contribution is 2.31. The number of nitrogen functional groups attached to an aromatic ring is 1. The first-order chi connectivity index (χ1) is 14.7. The maximum Gasteiger partial charge on any atom is 0.325 e. The molecule has 0 saturated carbocycles. The van der Waals surface area contributed by atoms with Crippen molar-refractivity contribution >= 4 is 52.6 Å². The topological polar surface area (TPSA) is 115 Å². The summed E-state index contributed by atoms with van der Waals surface area (Å²) in [5.74, 6) is 5.89. The molecule has 1 heterocycles. The lowest BCUT2D eigenvalue weighted by Crippen LogP contribution is -2.39. The third kappa shape index (κ3) is 5.49. The van der Waals surface area contributed by atoms with Crippen LogP contribution in [0, 0.1) is 13.8 Å². The minimum absolute atomic E-state index is 0.281. The van der Waals surface area contributed by atoms with Crippen molar-refractivity contribution in [3.63, 3.8) is 0 Å². The highest BCUT2D eigenvalue weighted by molar-refractivity contribution is 8.00. The first-order valence-electron chi connectivity index (χ1n) is 9.17. The Morgan fingerprint density at radius 2 is 1.87 bits per heavy atom. The number of amides is 3. The minimum atomic E-state index is -0.668. The van der Waals surface area contributed by atoms with Crippen LogP contribution in [0.2, 0.25) is 10.0 Å². The molecule has 3 amide bonds. The molecule has 8 nitrogen and oxygen atoms in total. The van der Waals surface area contributed by atoms with Gasteiger partial charge in [-0.3, -0.25) is 10.1 Å². The number of nitrogens with zero attached hydrogens (tertiary/aromatic N) is 3. The summed E-state index contributed by atoms with van der Waals surface area (Å²) in [7, 11) is 0. The molecular formula is C20H20Cl2N6O2S. The smallest absolute Gasteiger partial charge is 0.325 e. The van der Waals surface area contributed by atoms with Gasteiger partial charge in [-0.15, -0.1) is 10.2 Å². The zero-order valence-electron chi connectivity index (χ0n) is 16.9. The summed E-state index contributed by atoms with van der Waals surface area (Å²) in [5, 5.41) is 13.6. The van der Waals surface area contributed by atoms with Gasteiger partial charge in [0.1, 0.15) is 0 Å². The summed E-state index contributed by atoms with van der Waals surface area (Å²) >= 11 is 13.3. The van der Waals surface area contributed by atoms with Gasteiger partial charge in [0, 0.05) is 16.3 Å². The maximum absolute atomic E-state index is 12.4. The molecule has 2 aromatic carbocycles. The third-order valence-electron chi connectivity index (χ3n) is 4.35. The minimum Gasteiger partial charge on any atom is -0.335 e. The Hall–Kier alpha value is -2.75. The number of halogens is 2. The van der Waals surface area contributed by atoms with Gasteiger partial charge in [0.2, 0.25) is 11.1 Å². The van der Waals surface area contributed by atoms with Gasteiger partial charge in [0.25, 0.3) is 0 Å². The molecule has 1 unspecified atom stereocenters. The van der Waals surface area contributed by atoms with E-state index in [0.717, 1.165) is 22.9 Å². The van der Waals surface area contributed by atoms with Crippen LogP contribution in [0.5, 0.6) is 0 Å². The summed E-state index contributed by atoms with van der Waals surface area (Å²) in [6, 6.07) is 9.88. The van der Waals surface area contributed by atoms with Gasteiger partial charge in [0.05, 0.1) is 10.3 Å². The Morgan fingerprint density at radius 3 is 2.58 bits per heavy atom. The first kappa shape index (κ1) is 22.9. The molecule has 4 N–H and O–H groups in total. The Balaban J connectivity index is 1.65. The Labute approximate surface area is 193 Å².